The Bertz CT molecular complexity index is 823. The van der Waals surface area contributed by atoms with Gasteiger partial charge in [0.15, 0.2) is 0 Å². The highest BCUT2D eigenvalue weighted by atomic mass is 35.5. The first-order chi connectivity index (χ1) is 11.6. The second-order valence-electron chi connectivity index (χ2n) is 4.70. The van der Waals surface area contributed by atoms with Crippen LogP contribution in [0.1, 0.15) is 12.0 Å². The van der Waals surface area contributed by atoms with Crippen molar-refractivity contribution in [2.24, 2.45) is 0 Å². The molecule has 12 heteroatoms. The number of aromatic nitrogens is 2. The molecule has 0 saturated heterocycles. The van der Waals surface area contributed by atoms with E-state index < -0.39 is 28.3 Å². The van der Waals surface area contributed by atoms with Crippen LogP contribution in [0, 0.1) is 10.1 Å². The third-order valence-corrected chi connectivity index (χ3v) is 3.52. The molecule has 0 fully saturated rings. The number of benzene rings is 1. The Balaban J connectivity index is 2.52. The molecule has 0 spiro atoms. The Morgan fingerprint density at radius 1 is 1.40 bits per heavy atom. The summed E-state index contributed by atoms with van der Waals surface area (Å²) in [7, 11) is 0. The zero-order chi connectivity index (χ0) is 18.8. The molecule has 7 nitrogen and oxygen atoms in total. The smallest absolute Gasteiger partial charge is 0.305 e. The van der Waals surface area contributed by atoms with E-state index in [4.69, 9.17) is 23.2 Å². The lowest BCUT2D eigenvalue weighted by atomic mass is 10.2. The van der Waals surface area contributed by atoms with Gasteiger partial charge >= 0.3 is 11.9 Å². The van der Waals surface area contributed by atoms with Gasteiger partial charge in [0, 0.05) is 12.3 Å². The minimum Gasteiger partial charge on any atom is -0.305 e. The van der Waals surface area contributed by atoms with Crippen LogP contribution in [0.15, 0.2) is 24.4 Å². The van der Waals surface area contributed by atoms with Gasteiger partial charge in [-0.15, -0.1) is 11.6 Å². The molecule has 1 heterocycles. The second-order valence-corrected chi connectivity index (χ2v) is 5.48. The summed E-state index contributed by atoms with van der Waals surface area (Å²) in [5.74, 6) is -0.973. The number of alkyl halides is 4. The molecule has 0 atom stereocenters. The van der Waals surface area contributed by atoms with Crippen LogP contribution < -0.4 is 5.32 Å². The largest absolute Gasteiger partial charge is 0.416 e. The molecule has 134 valence electrons. The number of nitrogens with one attached hydrogen (secondary N) is 1. The number of carbonyl (C=O) groups is 1. The number of nitrogens with zero attached hydrogens (tertiary/aromatic N) is 3. The lowest BCUT2D eigenvalue weighted by molar-refractivity contribution is -0.384. The van der Waals surface area contributed by atoms with Gasteiger partial charge in [0.25, 0.3) is 0 Å². The fourth-order valence-corrected chi connectivity index (χ4v) is 2.34. The maximum Gasteiger partial charge on any atom is 0.416 e. The fourth-order valence-electron chi connectivity index (χ4n) is 1.91. The Morgan fingerprint density at radius 2 is 2.08 bits per heavy atom. The van der Waals surface area contributed by atoms with Crippen LogP contribution in [0.5, 0.6) is 0 Å². The van der Waals surface area contributed by atoms with Crippen molar-refractivity contribution in [3.05, 3.63) is 45.1 Å². The van der Waals surface area contributed by atoms with Crippen molar-refractivity contribution < 1.29 is 22.9 Å². The molecule has 0 aliphatic carbocycles. The van der Waals surface area contributed by atoms with Gasteiger partial charge < -0.3 is 5.32 Å². The SMILES string of the molecule is O=C(CCCl)Nc1c([N+](=O)[O-])cnn1-c1ccc(C(F)(F)F)cc1Cl. The van der Waals surface area contributed by atoms with Crippen LogP contribution in [-0.2, 0) is 11.0 Å². The Kier molecular flexibility index (Phi) is 5.53. The van der Waals surface area contributed by atoms with Crippen molar-refractivity contribution in [1.82, 2.24) is 9.78 Å². The lowest BCUT2D eigenvalue weighted by Gasteiger charge is -2.12. The van der Waals surface area contributed by atoms with Gasteiger partial charge in [-0.3, -0.25) is 14.9 Å². The number of amides is 1. The van der Waals surface area contributed by atoms with Gasteiger partial charge in [-0.1, -0.05) is 11.6 Å². The molecular formula is C13H9Cl2F3N4O3. The summed E-state index contributed by atoms with van der Waals surface area (Å²) in [5.41, 5.74) is -1.60. The first-order valence-electron chi connectivity index (χ1n) is 6.60. The zero-order valence-electron chi connectivity index (χ0n) is 12.2. The van der Waals surface area contributed by atoms with Crippen LogP contribution in [-0.4, -0.2) is 26.5 Å². The van der Waals surface area contributed by atoms with Crippen molar-refractivity contribution in [3.63, 3.8) is 0 Å². The van der Waals surface area contributed by atoms with Gasteiger partial charge in [-0.25, -0.2) is 4.68 Å². The maximum absolute atomic E-state index is 12.7. The summed E-state index contributed by atoms with van der Waals surface area (Å²) >= 11 is 11.3. The van der Waals surface area contributed by atoms with Gasteiger partial charge in [-0.2, -0.15) is 18.3 Å². The number of rotatable bonds is 5. The van der Waals surface area contributed by atoms with Gasteiger partial charge in [0.05, 0.1) is 21.2 Å². The average molecular weight is 397 g/mol. The predicted octanol–water partition coefficient (Wildman–Crippen LogP) is 4.02. The average Bonchev–Trinajstić information content (AvgIpc) is 2.90. The van der Waals surface area contributed by atoms with E-state index >= 15 is 0 Å². The molecule has 0 aliphatic rings. The highest BCUT2D eigenvalue weighted by molar-refractivity contribution is 6.32. The summed E-state index contributed by atoms with van der Waals surface area (Å²) in [6, 6.07) is 2.41. The molecule has 0 saturated carbocycles. The molecule has 2 rings (SSSR count). The van der Waals surface area contributed by atoms with Crippen molar-refractivity contribution >= 4 is 40.6 Å². The minimum atomic E-state index is -4.60. The summed E-state index contributed by atoms with van der Waals surface area (Å²) < 4.78 is 39.0. The van der Waals surface area contributed by atoms with E-state index in [0.29, 0.717) is 6.07 Å². The third-order valence-electron chi connectivity index (χ3n) is 3.03. The lowest BCUT2D eigenvalue weighted by Crippen LogP contribution is -2.16. The number of hydrogen-bond acceptors (Lipinski definition) is 4. The Morgan fingerprint density at radius 3 is 2.60 bits per heavy atom. The van der Waals surface area contributed by atoms with E-state index in [1.807, 2.05) is 0 Å². The number of anilines is 1. The molecule has 0 unspecified atom stereocenters. The molecule has 0 radical (unpaired) electrons. The second kappa shape index (κ2) is 7.28. The van der Waals surface area contributed by atoms with Crippen LogP contribution in [0.25, 0.3) is 5.69 Å². The highest BCUT2D eigenvalue weighted by Gasteiger charge is 2.32. The zero-order valence-corrected chi connectivity index (χ0v) is 13.7. The van der Waals surface area contributed by atoms with Crippen molar-refractivity contribution in [2.75, 3.05) is 11.2 Å². The van der Waals surface area contributed by atoms with E-state index in [1.165, 1.54) is 0 Å². The standard InChI is InChI=1S/C13H9Cl2F3N4O3/c14-4-3-11(23)20-12-10(22(24)25)6-19-21(12)9-2-1-7(5-8(9)15)13(16,17)18/h1-2,5-6H,3-4H2,(H,20,23). The van der Waals surface area contributed by atoms with Crippen molar-refractivity contribution in [3.8, 4) is 5.69 Å². The minimum absolute atomic E-state index is 0.0190. The van der Waals surface area contributed by atoms with E-state index in [2.05, 4.69) is 10.4 Å². The first-order valence-corrected chi connectivity index (χ1v) is 7.51. The predicted molar refractivity (Wildman–Crippen MR) is 84.2 cm³/mol. The van der Waals surface area contributed by atoms with Crippen LogP contribution in [0.2, 0.25) is 5.02 Å². The summed E-state index contributed by atoms with van der Waals surface area (Å²) in [6.45, 7) is 0. The third kappa shape index (κ3) is 4.20. The molecule has 25 heavy (non-hydrogen) atoms. The number of halogens is 5. The van der Waals surface area contributed by atoms with E-state index in [1.54, 1.807) is 0 Å². The monoisotopic (exact) mass is 396 g/mol. The van der Waals surface area contributed by atoms with Gasteiger partial charge in [0.1, 0.15) is 6.20 Å². The molecule has 2 aromatic rings. The fraction of sp³-hybridized carbons (Fsp3) is 0.231. The molecule has 1 amide bonds. The molecule has 0 bridgehead atoms. The molecule has 1 N–H and O–H groups in total. The summed E-state index contributed by atoms with van der Waals surface area (Å²) in [6.07, 6.45) is -3.87. The Hall–Kier alpha value is -2.33. The first kappa shape index (κ1) is 19.0. The van der Waals surface area contributed by atoms with E-state index in [-0.39, 0.29) is 28.8 Å². The number of nitro groups is 1. The number of carbonyl (C=O) groups excluding carboxylic acids is 1. The Labute approximate surface area is 148 Å². The topological polar surface area (TPSA) is 90.1 Å². The van der Waals surface area contributed by atoms with Gasteiger partial charge in [-0.05, 0) is 18.2 Å². The molecule has 1 aromatic carbocycles. The molecule has 0 aliphatic heterocycles. The maximum atomic E-state index is 12.7. The number of hydrogen-bond donors (Lipinski definition) is 1. The normalized spacial score (nSPS) is 11.4. The quantitative estimate of drug-likeness (QED) is 0.469. The summed E-state index contributed by atoms with van der Waals surface area (Å²) in [5, 5.41) is 16.7. The van der Waals surface area contributed by atoms with Crippen molar-refractivity contribution in [2.45, 2.75) is 12.6 Å². The molecular weight excluding hydrogens is 388 g/mol. The van der Waals surface area contributed by atoms with Crippen LogP contribution in [0.3, 0.4) is 0 Å². The van der Waals surface area contributed by atoms with E-state index in [9.17, 15) is 28.1 Å². The molecule has 1 aromatic heterocycles. The van der Waals surface area contributed by atoms with E-state index in [0.717, 1.165) is 23.0 Å². The van der Waals surface area contributed by atoms with Gasteiger partial charge in [0.2, 0.25) is 11.7 Å². The van der Waals surface area contributed by atoms with Crippen molar-refractivity contribution in [1.29, 1.82) is 0 Å². The highest BCUT2D eigenvalue weighted by Crippen LogP contribution is 2.35. The van der Waals surface area contributed by atoms with Crippen LogP contribution in [0.4, 0.5) is 24.7 Å². The summed E-state index contributed by atoms with van der Waals surface area (Å²) in [4.78, 5) is 22.0. The van der Waals surface area contributed by atoms with Crippen LogP contribution >= 0.6 is 23.2 Å².